The second-order valence-corrected chi connectivity index (χ2v) is 10.9. The highest BCUT2D eigenvalue weighted by Gasteiger charge is 2.32. The van der Waals surface area contributed by atoms with Gasteiger partial charge in [0.05, 0.1) is 10.6 Å². The standard InChI is InChI=1S/C27H30ClN3O4S/c1-19-8-7-10-22(16-19)17-30(21(3)27(33)29-4)26(32)18-31(25-11-6-5-9-20(25)2)36(34,35)24-14-12-23(28)13-15-24/h5-16,21H,17-18H2,1-4H3,(H,29,33)/t21-/m1/s1. The van der Waals surface area contributed by atoms with Crippen LogP contribution < -0.4 is 9.62 Å². The predicted molar refractivity (Wildman–Crippen MR) is 142 cm³/mol. The molecular formula is C27H30ClN3O4S. The molecule has 0 fully saturated rings. The normalized spacial score (nSPS) is 12.0. The van der Waals surface area contributed by atoms with E-state index in [2.05, 4.69) is 5.32 Å². The summed E-state index contributed by atoms with van der Waals surface area (Å²) in [6.07, 6.45) is 0. The molecule has 0 saturated heterocycles. The van der Waals surface area contributed by atoms with Crippen molar-refractivity contribution in [3.05, 3.63) is 94.5 Å². The van der Waals surface area contributed by atoms with Gasteiger partial charge < -0.3 is 10.2 Å². The van der Waals surface area contributed by atoms with E-state index in [9.17, 15) is 18.0 Å². The highest BCUT2D eigenvalue weighted by atomic mass is 35.5. The van der Waals surface area contributed by atoms with E-state index in [4.69, 9.17) is 11.6 Å². The van der Waals surface area contributed by atoms with Crippen LogP contribution in [0.4, 0.5) is 5.69 Å². The number of para-hydroxylation sites is 1. The molecular weight excluding hydrogens is 498 g/mol. The van der Waals surface area contributed by atoms with Crippen LogP contribution in [0.15, 0.2) is 77.7 Å². The van der Waals surface area contributed by atoms with Crippen LogP contribution in [0.2, 0.25) is 5.02 Å². The maximum absolute atomic E-state index is 13.8. The van der Waals surface area contributed by atoms with Crippen LogP contribution >= 0.6 is 11.6 Å². The zero-order valence-corrected chi connectivity index (χ0v) is 22.3. The van der Waals surface area contributed by atoms with Crippen LogP contribution in [0, 0.1) is 13.8 Å². The van der Waals surface area contributed by atoms with Crippen molar-refractivity contribution in [2.75, 3.05) is 17.9 Å². The van der Waals surface area contributed by atoms with Gasteiger partial charge in [-0.05, 0) is 62.2 Å². The lowest BCUT2D eigenvalue weighted by molar-refractivity contribution is -0.139. The predicted octanol–water partition coefficient (Wildman–Crippen LogP) is 4.32. The Kier molecular flexibility index (Phi) is 8.76. The van der Waals surface area contributed by atoms with Crippen LogP contribution in [0.3, 0.4) is 0 Å². The first-order valence-electron chi connectivity index (χ1n) is 11.4. The van der Waals surface area contributed by atoms with E-state index in [0.29, 0.717) is 16.3 Å². The number of halogens is 1. The number of anilines is 1. The van der Waals surface area contributed by atoms with Crippen molar-refractivity contribution in [2.45, 2.75) is 38.3 Å². The van der Waals surface area contributed by atoms with Gasteiger partial charge in [-0.3, -0.25) is 13.9 Å². The number of nitrogens with zero attached hydrogens (tertiary/aromatic N) is 2. The highest BCUT2D eigenvalue weighted by molar-refractivity contribution is 7.92. The van der Waals surface area contributed by atoms with E-state index < -0.39 is 28.5 Å². The monoisotopic (exact) mass is 527 g/mol. The topological polar surface area (TPSA) is 86.8 Å². The molecule has 0 aliphatic rings. The molecule has 0 bridgehead atoms. The Morgan fingerprint density at radius 1 is 0.972 bits per heavy atom. The number of nitrogens with one attached hydrogen (secondary N) is 1. The summed E-state index contributed by atoms with van der Waals surface area (Å²) in [6, 6.07) is 19.5. The molecule has 0 unspecified atom stereocenters. The molecule has 3 rings (SSSR count). The molecule has 0 aliphatic heterocycles. The summed E-state index contributed by atoms with van der Waals surface area (Å²) < 4.78 is 28.6. The molecule has 0 radical (unpaired) electrons. The summed E-state index contributed by atoms with van der Waals surface area (Å²) in [4.78, 5) is 27.7. The molecule has 0 saturated carbocycles. The molecule has 0 spiro atoms. The number of rotatable bonds is 9. The third kappa shape index (κ3) is 6.25. The number of carbonyl (C=O) groups is 2. The number of carbonyl (C=O) groups excluding carboxylic acids is 2. The molecule has 1 N–H and O–H groups in total. The second-order valence-electron chi connectivity index (χ2n) is 8.55. The minimum Gasteiger partial charge on any atom is -0.357 e. The molecule has 2 amide bonds. The number of sulfonamides is 1. The van der Waals surface area contributed by atoms with E-state index in [0.717, 1.165) is 15.4 Å². The fourth-order valence-corrected chi connectivity index (χ4v) is 5.49. The van der Waals surface area contributed by atoms with Gasteiger partial charge in [-0.2, -0.15) is 0 Å². The Labute approximate surface area is 217 Å². The molecule has 3 aromatic rings. The van der Waals surface area contributed by atoms with Gasteiger partial charge in [0, 0.05) is 18.6 Å². The Bertz CT molecular complexity index is 1340. The van der Waals surface area contributed by atoms with E-state index in [-0.39, 0.29) is 17.3 Å². The van der Waals surface area contributed by atoms with Crippen LogP contribution in [-0.2, 0) is 26.2 Å². The van der Waals surface area contributed by atoms with Gasteiger partial charge in [0.2, 0.25) is 11.8 Å². The maximum atomic E-state index is 13.8. The smallest absolute Gasteiger partial charge is 0.264 e. The van der Waals surface area contributed by atoms with E-state index in [1.54, 1.807) is 38.1 Å². The lowest BCUT2D eigenvalue weighted by atomic mass is 10.1. The van der Waals surface area contributed by atoms with Crippen LogP contribution in [-0.4, -0.2) is 44.8 Å². The molecule has 0 heterocycles. The Balaban J connectivity index is 2.05. The Morgan fingerprint density at radius 3 is 2.25 bits per heavy atom. The van der Waals surface area contributed by atoms with Crippen molar-refractivity contribution in [2.24, 2.45) is 0 Å². The van der Waals surface area contributed by atoms with Crippen molar-refractivity contribution in [1.29, 1.82) is 0 Å². The van der Waals surface area contributed by atoms with Gasteiger partial charge >= 0.3 is 0 Å². The molecule has 190 valence electrons. The number of likely N-dealkylation sites (N-methyl/N-ethyl adjacent to an activating group) is 1. The van der Waals surface area contributed by atoms with Gasteiger partial charge in [0.25, 0.3) is 10.0 Å². The molecule has 3 aromatic carbocycles. The minimum atomic E-state index is -4.13. The Morgan fingerprint density at radius 2 is 1.64 bits per heavy atom. The van der Waals surface area contributed by atoms with Gasteiger partial charge in [-0.1, -0.05) is 59.6 Å². The third-order valence-corrected chi connectivity index (χ3v) is 7.94. The first-order chi connectivity index (χ1) is 17.0. The highest BCUT2D eigenvalue weighted by Crippen LogP contribution is 2.28. The van der Waals surface area contributed by atoms with Crippen LogP contribution in [0.1, 0.15) is 23.6 Å². The van der Waals surface area contributed by atoms with Crippen molar-refractivity contribution >= 4 is 39.1 Å². The SMILES string of the molecule is CNC(=O)[C@@H](C)N(Cc1cccc(C)c1)C(=O)CN(c1ccccc1C)S(=O)(=O)c1ccc(Cl)cc1. The lowest BCUT2D eigenvalue weighted by Crippen LogP contribution is -2.50. The molecule has 36 heavy (non-hydrogen) atoms. The fourth-order valence-electron chi connectivity index (χ4n) is 3.89. The number of hydrogen-bond donors (Lipinski definition) is 1. The quantitative estimate of drug-likeness (QED) is 0.449. The fraction of sp³-hybridized carbons (Fsp3) is 0.259. The zero-order valence-electron chi connectivity index (χ0n) is 20.7. The maximum Gasteiger partial charge on any atom is 0.264 e. The molecule has 0 aromatic heterocycles. The second kappa shape index (κ2) is 11.6. The van der Waals surface area contributed by atoms with Crippen molar-refractivity contribution in [3.63, 3.8) is 0 Å². The van der Waals surface area contributed by atoms with Crippen molar-refractivity contribution in [1.82, 2.24) is 10.2 Å². The van der Waals surface area contributed by atoms with Crippen LogP contribution in [0.5, 0.6) is 0 Å². The van der Waals surface area contributed by atoms with Gasteiger partial charge in [-0.25, -0.2) is 8.42 Å². The summed E-state index contributed by atoms with van der Waals surface area (Å²) in [5.74, 6) is -0.854. The summed E-state index contributed by atoms with van der Waals surface area (Å²) in [5, 5.41) is 2.97. The van der Waals surface area contributed by atoms with Gasteiger partial charge in [-0.15, -0.1) is 0 Å². The van der Waals surface area contributed by atoms with E-state index >= 15 is 0 Å². The van der Waals surface area contributed by atoms with E-state index in [1.165, 1.54) is 36.2 Å². The summed E-state index contributed by atoms with van der Waals surface area (Å²) in [7, 11) is -2.63. The van der Waals surface area contributed by atoms with Gasteiger partial charge in [0.1, 0.15) is 12.6 Å². The Hall–Kier alpha value is -3.36. The number of aryl methyl sites for hydroxylation is 2. The zero-order chi connectivity index (χ0) is 26.5. The number of benzene rings is 3. The van der Waals surface area contributed by atoms with Crippen molar-refractivity contribution in [3.8, 4) is 0 Å². The third-order valence-electron chi connectivity index (χ3n) is 5.91. The summed E-state index contributed by atoms with van der Waals surface area (Å²) in [5.41, 5.74) is 2.91. The van der Waals surface area contributed by atoms with Crippen LogP contribution in [0.25, 0.3) is 0 Å². The number of hydrogen-bond acceptors (Lipinski definition) is 4. The summed E-state index contributed by atoms with van der Waals surface area (Å²) in [6.45, 7) is 5.01. The average Bonchev–Trinajstić information content (AvgIpc) is 2.85. The van der Waals surface area contributed by atoms with Crippen molar-refractivity contribution < 1.29 is 18.0 Å². The largest absolute Gasteiger partial charge is 0.357 e. The lowest BCUT2D eigenvalue weighted by Gasteiger charge is -2.32. The molecule has 1 atom stereocenters. The summed E-state index contributed by atoms with van der Waals surface area (Å²) >= 11 is 5.97. The first kappa shape index (κ1) is 27.2. The number of amides is 2. The molecule has 9 heteroatoms. The minimum absolute atomic E-state index is 0.00698. The van der Waals surface area contributed by atoms with E-state index in [1.807, 2.05) is 31.2 Å². The van der Waals surface area contributed by atoms with Gasteiger partial charge in [0.15, 0.2) is 0 Å². The molecule has 0 aliphatic carbocycles. The molecule has 7 nitrogen and oxygen atoms in total. The average molecular weight is 528 g/mol. The first-order valence-corrected chi connectivity index (χ1v) is 13.3.